The van der Waals surface area contributed by atoms with E-state index in [0.29, 0.717) is 13.0 Å². The van der Waals surface area contributed by atoms with E-state index in [2.05, 4.69) is 25.7 Å². The Morgan fingerprint density at radius 1 is 1.19 bits per heavy atom. The van der Waals surface area contributed by atoms with Crippen molar-refractivity contribution in [2.75, 3.05) is 38.2 Å². The van der Waals surface area contributed by atoms with Crippen LogP contribution in [0.15, 0.2) is 0 Å². The molecule has 0 saturated heterocycles. The number of sulfone groups is 1. The first kappa shape index (κ1) is 15.9. The largest absolute Gasteiger partial charge is 0.396 e. The molecular weight excluding hydrogens is 226 g/mol. The van der Waals surface area contributed by atoms with Gasteiger partial charge in [0, 0.05) is 32.5 Å². The fourth-order valence-electron chi connectivity index (χ4n) is 1.53. The molecule has 0 fully saturated rings. The number of aliphatic hydroxyl groups excluding tert-OH is 1. The molecular formula is C11H25NO3S. The maximum atomic E-state index is 11.1. The third-order valence-electron chi connectivity index (χ3n) is 2.11. The normalized spacial score (nSPS) is 13.4. The molecule has 0 aromatic carbocycles. The molecule has 0 aliphatic carbocycles. The van der Waals surface area contributed by atoms with Gasteiger partial charge in [-0.1, -0.05) is 20.8 Å². The summed E-state index contributed by atoms with van der Waals surface area (Å²) in [5, 5.41) is 8.80. The molecule has 16 heavy (non-hydrogen) atoms. The average molecular weight is 251 g/mol. The van der Waals surface area contributed by atoms with Gasteiger partial charge in [0.15, 0.2) is 0 Å². The lowest BCUT2D eigenvalue weighted by atomic mass is 9.96. The van der Waals surface area contributed by atoms with Gasteiger partial charge < -0.3 is 10.0 Å². The fourth-order valence-corrected chi connectivity index (χ4v) is 2.12. The highest BCUT2D eigenvalue weighted by atomic mass is 32.2. The molecule has 0 aromatic rings. The monoisotopic (exact) mass is 251 g/mol. The van der Waals surface area contributed by atoms with Crippen molar-refractivity contribution in [3.8, 4) is 0 Å². The van der Waals surface area contributed by atoms with E-state index in [4.69, 9.17) is 5.11 Å². The maximum absolute atomic E-state index is 11.1. The lowest BCUT2D eigenvalue weighted by Gasteiger charge is -2.29. The molecule has 0 radical (unpaired) electrons. The van der Waals surface area contributed by atoms with Gasteiger partial charge in [0.2, 0.25) is 0 Å². The highest BCUT2D eigenvalue weighted by molar-refractivity contribution is 7.90. The van der Waals surface area contributed by atoms with Crippen molar-refractivity contribution in [2.24, 2.45) is 5.41 Å². The van der Waals surface area contributed by atoms with Gasteiger partial charge in [-0.05, 0) is 11.8 Å². The second-order valence-corrected chi connectivity index (χ2v) is 7.80. The summed E-state index contributed by atoms with van der Waals surface area (Å²) in [6.07, 6.45) is 1.95. The Hall–Kier alpha value is -0.130. The van der Waals surface area contributed by atoms with Gasteiger partial charge in [0.25, 0.3) is 0 Å². The van der Waals surface area contributed by atoms with Crippen LogP contribution in [0.4, 0.5) is 0 Å². The van der Waals surface area contributed by atoms with E-state index >= 15 is 0 Å². The average Bonchev–Trinajstić information content (AvgIpc) is 2.06. The van der Waals surface area contributed by atoms with Crippen LogP contribution in [0, 0.1) is 5.41 Å². The molecule has 1 N–H and O–H groups in total. The standard InChI is InChI=1S/C11H25NO3S/c1-11(2,3)10-12(6-5-8-13)7-9-16(4,14)15/h13H,5-10H2,1-4H3. The number of hydrogen-bond donors (Lipinski definition) is 1. The zero-order chi connectivity index (χ0) is 12.8. The Balaban J connectivity index is 4.21. The molecule has 0 aliphatic rings. The first-order valence-electron chi connectivity index (χ1n) is 5.65. The summed E-state index contributed by atoms with van der Waals surface area (Å²) in [7, 11) is -2.90. The maximum Gasteiger partial charge on any atom is 0.148 e. The van der Waals surface area contributed by atoms with Crippen molar-refractivity contribution in [3.05, 3.63) is 0 Å². The molecule has 0 spiro atoms. The predicted molar refractivity (Wildman–Crippen MR) is 67.3 cm³/mol. The first-order valence-corrected chi connectivity index (χ1v) is 7.71. The van der Waals surface area contributed by atoms with Crippen LogP contribution in [-0.2, 0) is 9.84 Å². The molecule has 98 valence electrons. The third kappa shape index (κ3) is 10.4. The summed E-state index contributed by atoms with van der Waals surface area (Å²) in [6, 6.07) is 0. The van der Waals surface area contributed by atoms with Crippen LogP contribution in [0.5, 0.6) is 0 Å². The molecule has 0 heterocycles. The van der Waals surface area contributed by atoms with E-state index in [1.807, 2.05) is 0 Å². The van der Waals surface area contributed by atoms with Crippen LogP contribution in [0.1, 0.15) is 27.2 Å². The lowest BCUT2D eigenvalue weighted by Crippen LogP contribution is -2.37. The summed E-state index contributed by atoms with van der Waals surface area (Å²) in [5.74, 6) is 0.189. The molecule has 0 bridgehead atoms. The van der Waals surface area contributed by atoms with E-state index in [1.165, 1.54) is 6.26 Å². The highest BCUT2D eigenvalue weighted by Gasteiger charge is 2.17. The minimum atomic E-state index is -2.90. The van der Waals surface area contributed by atoms with E-state index in [-0.39, 0.29) is 17.8 Å². The quantitative estimate of drug-likeness (QED) is 0.726. The first-order chi connectivity index (χ1) is 7.14. The Bertz CT molecular complexity index is 280. The van der Waals surface area contributed by atoms with Crippen LogP contribution < -0.4 is 0 Å². The summed E-state index contributed by atoms with van der Waals surface area (Å²) in [4.78, 5) is 2.11. The Morgan fingerprint density at radius 3 is 2.12 bits per heavy atom. The van der Waals surface area contributed by atoms with E-state index < -0.39 is 9.84 Å². The molecule has 0 aromatic heterocycles. The highest BCUT2D eigenvalue weighted by Crippen LogP contribution is 2.15. The number of hydrogen-bond acceptors (Lipinski definition) is 4. The van der Waals surface area contributed by atoms with Gasteiger partial charge in [0.1, 0.15) is 9.84 Å². The molecule has 5 heteroatoms. The van der Waals surface area contributed by atoms with Crippen molar-refractivity contribution in [1.82, 2.24) is 4.90 Å². The molecule has 4 nitrogen and oxygen atoms in total. The second-order valence-electron chi connectivity index (χ2n) is 5.54. The number of aliphatic hydroxyl groups is 1. The molecule has 0 unspecified atom stereocenters. The smallest absolute Gasteiger partial charge is 0.148 e. The van der Waals surface area contributed by atoms with Gasteiger partial charge in [-0.3, -0.25) is 0 Å². The van der Waals surface area contributed by atoms with Gasteiger partial charge >= 0.3 is 0 Å². The summed E-state index contributed by atoms with van der Waals surface area (Å²) in [5.41, 5.74) is 0.146. The van der Waals surface area contributed by atoms with Crippen LogP contribution in [0.3, 0.4) is 0 Å². The van der Waals surface area contributed by atoms with Crippen LogP contribution in [0.25, 0.3) is 0 Å². The van der Waals surface area contributed by atoms with E-state index in [9.17, 15) is 8.42 Å². The number of nitrogens with zero attached hydrogens (tertiary/aromatic N) is 1. The summed E-state index contributed by atoms with van der Waals surface area (Å²) < 4.78 is 22.2. The SMILES string of the molecule is CC(C)(C)CN(CCCO)CCS(C)(=O)=O. The van der Waals surface area contributed by atoms with Gasteiger partial charge in [-0.25, -0.2) is 8.42 Å². The van der Waals surface area contributed by atoms with Crippen molar-refractivity contribution in [3.63, 3.8) is 0 Å². The fraction of sp³-hybridized carbons (Fsp3) is 1.00. The Kier molecular flexibility index (Phi) is 6.51. The zero-order valence-corrected chi connectivity index (χ0v) is 11.7. The van der Waals surface area contributed by atoms with Crippen LogP contribution in [0.2, 0.25) is 0 Å². The molecule has 0 rings (SSSR count). The van der Waals surface area contributed by atoms with Gasteiger partial charge in [0.05, 0.1) is 5.75 Å². The van der Waals surface area contributed by atoms with Crippen molar-refractivity contribution in [2.45, 2.75) is 27.2 Å². The lowest BCUT2D eigenvalue weighted by molar-refractivity contribution is 0.180. The topological polar surface area (TPSA) is 57.6 Å². The third-order valence-corrected chi connectivity index (χ3v) is 3.03. The number of rotatable bonds is 7. The molecule has 0 saturated carbocycles. The van der Waals surface area contributed by atoms with Crippen LogP contribution in [-0.4, -0.2) is 56.7 Å². The second kappa shape index (κ2) is 6.57. The van der Waals surface area contributed by atoms with Crippen LogP contribution >= 0.6 is 0 Å². The van der Waals surface area contributed by atoms with Gasteiger partial charge in [-0.15, -0.1) is 0 Å². The minimum Gasteiger partial charge on any atom is -0.396 e. The Morgan fingerprint density at radius 2 is 1.75 bits per heavy atom. The van der Waals surface area contributed by atoms with E-state index in [0.717, 1.165) is 13.1 Å². The summed E-state index contributed by atoms with van der Waals surface area (Å²) >= 11 is 0. The van der Waals surface area contributed by atoms with Gasteiger partial charge in [-0.2, -0.15) is 0 Å². The minimum absolute atomic E-state index is 0.146. The van der Waals surface area contributed by atoms with E-state index in [1.54, 1.807) is 0 Å². The molecule has 0 aliphatic heterocycles. The van der Waals surface area contributed by atoms with Crippen molar-refractivity contribution < 1.29 is 13.5 Å². The van der Waals surface area contributed by atoms with Crippen molar-refractivity contribution >= 4 is 9.84 Å². The summed E-state index contributed by atoms with van der Waals surface area (Å²) in [6.45, 7) is 8.68. The van der Waals surface area contributed by atoms with Crippen molar-refractivity contribution in [1.29, 1.82) is 0 Å². The molecule has 0 atom stereocenters. The Labute approximate surface area is 99.6 Å². The zero-order valence-electron chi connectivity index (χ0n) is 10.9. The molecule has 0 amide bonds. The predicted octanol–water partition coefficient (Wildman–Crippen LogP) is 0.762.